The van der Waals surface area contributed by atoms with Gasteiger partial charge in [-0.15, -0.1) is 11.6 Å². The van der Waals surface area contributed by atoms with Gasteiger partial charge in [0.25, 0.3) is 0 Å². The molecule has 0 saturated carbocycles. The van der Waals surface area contributed by atoms with Gasteiger partial charge in [0.1, 0.15) is 5.82 Å². The lowest BCUT2D eigenvalue weighted by Crippen LogP contribution is -2.49. The van der Waals surface area contributed by atoms with Crippen molar-refractivity contribution in [3.05, 3.63) is 30.5 Å². The molecule has 0 amide bonds. The summed E-state index contributed by atoms with van der Waals surface area (Å²) in [7, 11) is 0. The monoisotopic (exact) mass is 277 g/mol. The number of halogens is 1. The van der Waals surface area contributed by atoms with Crippen LogP contribution in [-0.2, 0) is 4.74 Å². The van der Waals surface area contributed by atoms with Gasteiger partial charge in [0, 0.05) is 6.54 Å². The Kier molecular flexibility index (Phi) is 3.53. The first-order chi connectivity index (χ1) is 9.28. The average Bonchev–Trinajstić information content (AvgIpc) is 2.47. The van der Waals surface area contributed by atoms with Crippen molar-refractivity contribution in [2.45, 2.75) is 19.1 Å². The van der Waals surface area contributed by atoms with Crippen molar-refractivity contribution in [2.24, 2.45) is 0 Å². The Balaban J connectivity index is 1.93. The fourth-order valence-electron chi connectivity index (χ4n) is 2.32. The minimum absolute atomic E-state index is 0.0612. The number of para-hydroxylation sites is 2. The van der Waals surface area contributed by atoms with Gasteiger partial charge in [0.2, 0.25) is 0 Å². The van der Waals surface area contributed by atoms with E-state index in [4.69, 9.17) is 16.3 Å². The molecule has 2 unspecified atom stereocenters. The predicted octanol–water partition coefficient (Wildman–Crippen LogP) is 2.46. The number of rotatable bonds is 2. The van der Waals surface area contributed by atoms with E-state index in [1.54, 1.807) is 0 Å². The van der Waals surface area contributed by atoms with Gasteiger partial charge in [-0.2, -0.15) is 0 Å². The van der Waals surface area contributed by atoms with Crippen molar-refractivity contribution in [2.75, 3.05) is 23.9 Å². The van der Waals surface area contributed by atoms with Gasteiger partial charge < -0.3 is 9.64 Å². The third-order valence-electron chi connectivity index (χ3n) is 3.41. The molecule has 5 heteroatoms. The number of ether oxygens (including phenoxy) is 1. The van der Waals surface area contributed by atoms with Gasteiger partial charge in [-0.05, 0) is 19.1 Å². The van der Waals surface area contributed by atoms with E-state index < -0.39 is 0 Å². The molecule has 1 fully saturated rings. The Morgan fingerprint density at radius 3 is 2.95 bits per heavy atom. The molecule has 1 saturated heterocycles. The fraction of sp³-hybridized carbons (Fsp3) is 0.429. The van der Waals surface area contributed by atoms with E-state index in [1.165, 1.54) is 0 Å². The number of alkyl halides is 1. The van der Waals surface area contributed by atoms with E-state index in [1.807, 2.05) is 30.5 Å². The summed E-state index contributed by atoms with van der Waals surface area (Å²) >= 11 is 5.89. The second-order valence-corrected chi connectivity index (χ2v) is 5.14. The third-order valence-corrected chi connectivity index (χ3v) is 3.75. The Bertz CT molecular complexity index is 577. The molecule has 0 aliphatic carbocycles. The minimum atomic E-state index is 0.0612. The SMILES string of the molecule is CC1COC(CCl)CN1c1cnc2ccccc2n1. The highest BCUT2D eigenvalue weighted by atomic mass is 35.5. The summed E-state index contributed by atoms with van der Waals surface area (Å²) in [6.45, 7) is 3.56. The highest BCUT2D eigenvalue weighted by Crippen LogP contribution is 2.21. The first-order valence-corrected chi connectivity index (χ1v) is 6.97. The standard InChI is InChI=1S/C14H16ClN3O/c1-10-9-19-11(6-15)8-18(10)14-7-16-12-4-2-3-5-13(12)17-14/h2-5,7,10-11H,6,8-9H2,1H3. The number of nitrogens with zero attached hydrogens (tertiary/aromatic N) is 3. The lowest BCUT2D eigenvalue weighted by Gasteiger charge is -2.38. The molecule has 1 aliphatic heterocycles. The van der Waals surface area contributed by atoms with E-state index in [0.717, 1.165) is 23.4 Å². The van der Waals surface area contributed by atoms with E-state index in [2.05, 4.69) is 21.8 Å². The zero-order valence-electron chi connectivity index (χ0n) is 10.8. The van der Waals surface area contributed by atoms with Crippen LogP contribution in [0.4, 0.5) is 5.82 Å². The van der Waals surface area contributed by atoms with Crippen LogP contribution < -0.4 is 4.90 Å². The van der Waals surface area contributed by atoms with Crippen LogP contribution in [0.2, 0.25) is 0 Å². The molecule has 100 valence electrons. The first kappa shape index (κ1) is 12.6. The number of hydrogen-bond acceptors (Lipinski definition) is 4. The highest BCUT2D eigenvalue weighted by molar-refractivity contribution is 6.18. The smallest absolute Gasteiger partial charge is 0.148 e. The van der Waals surface area contributed by atoms with Crippen LogP contribution >= 0.6 is 11.6 Å². The molecule has 19 heavy (non-hydrogen) atoms. The number of fused-ring (bicyclic) bond motifs is 1. The molecule has 1 aromatic heterocycles. The van der Waals surface area contributed by atoms with Crippen molar-refractivity contribution in [1.29, 1.82) is 0 Å². The van der Waals surface area contributed by atoms with Crippen molar-refractivity contribution in [3.63, 3.8) is 0 Å². The Morgan fingerprint density at radius 2 is 2.16 bits per heavy atom. The normalized spacial score (nSPS) is 23.8. The van der Waals surface area contributed by atoms with Gasteiger partial charge >= 0.3 is 0 Å². The summed E-state index contributed by atoms with van der Waals surface area (Å²) < 4.78 is 5.66. The van der Waals surface area contributed by atoms with E-state index in [9.17, 15) is 0 Å². The lowest BCUT2D eigenvalue weighted by atomic mass is 10.2. The van der Waals surface area contributed by atoms with Crippen LogP contribution in [0.25, 0.3) is 11.0 Å². The molecule has 1 aliphatic rings. The predicted molar refractivity (Wildman–Crippen MR) is 76.8 cm³/mol. The highest BCUT2D eigenvalue weighted by Gasteiger charge is 2.26. The van der Waals surface area contributed by atoms with Crippen LogP contribution in [0.15, 0.2) is 30.5 Å². The fourth-order valence-corrected chi connectivity index (χ4v) is 2.50. The summed E-state index contributed by atoms with van der Waals surface area (Å²) in [5, 5.41) is 0. The maximum atomic E-state index is 5.89. The zero-order chi connectivity index (χ0) is 13.2. The van der Waals surface area contributed by atoms with Gasteiger partial charge in [-0.25, -0.2) is 4.98 Å². The van der Waals surface area contributed by atoms with Gasteiger partial charge in [0.05, 0.1) is 41.9 Å². The number of hydrogen-bond donors (Lipinski definition) is 0. The van der Waals surface area contributed by atoms with Gasteiger partial charge in [0.15, 0.2) is 0 Å². The van der Waals surface area contributed by atoms with Gasteiger partial charge in [-0.3, -0.25) is 4.98 Å². The molecule has 0 spiro atoms. The van der Waals surface area contributed by atoms with Crippen molar-refractivity contribution < 1.29 is 4.74 Å². The summed E-state index contributed by atoms with van der Waals surface area (Å²) in [5.74, 6) is 1.40. The molecule has 3 rings (SSSR count). The van der Waals surface area contributed by atoms with Crippen LogP contribution in [0.1, 0.15) is 6.92 Å². The Labute approximate surface area is 117 Å². The van der Waals surface area contributed by atoms with Crippen LogP contribution in [-0.4, -0.2) is 41.1 Å². The summed E-state index contributed by atoms with van der Waals surface area (Å²) in [6.07, 6.45) is 1.89. The molecule has 0 radical (unpaired) electrons. The summed E-state index contributed by atoms with van der Waals surface area (Å²) in [4.78, 5) is 11.4. The molecule has 0 N–H and O–H groups in total. The van der Waals surface area contributed by atoms with Crippen LogP contribution in [0.3, 0.4) is 0 Å². The van der Waals surface area contributed by atoms with E-state index in [-0.39, 0.29) is 12.1 Å². The zero-order valence-corrected chi connectivity index (χ0v) is 11.5. The Hall–Kier alpha value is -1.39. The second kappa shape index (κ2) is 5.31. The van der Waals surface area contributed by atoms with Crippen LogP contribution in [0, 0.1) is 0 Å². The molecule has 1 aromatic carbocycles. The minimum Gasteiger partial charge on any atom is -0.373 e. The first-order valence-electron chi connectivity index (χ1n) is 6.44. The van der Waals surface area contributed by atoms with Crippen molar-refractivity contribution >= 4 is 28.5 Å². The largest absolute Gasteiger partial charge is 0.373 e. The third kappa shape index (κ3) is 2.51. The molecule has 2 heterocycles. The quantitative estimate of drug-likeness (QED) is 0.791. The second-order valence-electron chi connectivity index (χ2n) is 4.83. The topological polar surface area (TPSA) is 38.2 Å². The average molecular weight is 278 g/mol. The number of benzene rings is 1. The van der Waals surface area contributed by atoms with Crippen LogP contribution in [0.5, 0.6) is 0 Å². The molecule has 2 atom stereocenters. The molecular formula is C14H16ClN3O. The maximum absolute atomic E-state index is 5.89. The molecular weight excluding hydrogens is 262 g/mol. The van der Waals surface area contributed by atoms with Gasteiger partial charge in [-0.1, -0.05) is 12.1 Å². The molecule has 4 nitrogen and oxygen atoms in total. The number of anilines is 1. The summed E-state index contributed by atoms with van der Waals surface area (Å²) in [5.41, 5.74) is 1.84. The maximum Gasteiger partial charge on any atom is 0.148 e. The number of aromatic nitrogens is 2. The molecule has 2 aromatic rings. The summed E-state index contributed by atoms with van der Waals surface area (Å²) in [6, 6.07) is 8.18. The Morgan fingerprint density at radius 1 is 1.37 bits per heavy atom. The molecule has 0 bridgehead atoms. The lowest BCUT2D eigenvalue weighted by molar-refractivity contribution is 0.0361. The van der Waals surface area contributed by atoms with Crippen molar-refractivity contribution in [3.8, 4) is 0 Å². The van der Waals surface area contributed by atoms with E-state index >= 15 is 0 Å². The van der Waals surface area contributed by atoms with E-state index in [0.29, 0.717) is 12.5 Å². The van der Waals surface area contributed by atoms with Crippen molar-refractivity contribution in [1.82, 2.24) is 9.97 Å². The number of morpholine rings is 1.